The Kier molecular flexibility index (Phi) is 4.35. The maximum Gasteiger partial charge on any atom is 0.224 e. The van der Waals surface area contributed by atoms with Crippen LogP contribution in [0.5, 0.6) is 0 Å². The molecule has 0 bridgehead atoms. The number of nitrogens with zero attached hydrogens (tertiary/aromatic N) is 1. The molecular weight excluding hydrogens is 180 g/mol. The minimum Gasteiger partial charge on any atom is -0.396 e. The molecule has 14 heavy (non-hydrogen) atoms. The van der Waals surface area contributed by atoms with Crippen molar-refractivity contribution in [1.29, 1.82) is 0 Å². The highest BCUT2D eigenvalue weighted by Gasteiger charge is 2.22. The lowest BCUT2D eigenvalue weighted by Crippen LogP contribution is -2.41. The molecule has 1 unspecified atom stereocenters. The van der Waals surface area contributed by atoms with Gasteiger partial charge in [-0.3, -0.25) is 4.79 Å². The van der Waals surface area contributed by atoms with Crippen LogP contribution in [0.4, 0.5) is 0 Å². The molecule has 0 aromatic carbocycles. The van der Waals surface area contributed by atoms with Gasteiger partial charge >= 0.3 is 0 Å². The number of aliphatic hydroxyl groups excluding tert-OH is 1. The average molecular weight is 200 g/mol. The number of rotatable bonds is 3. The van der Waals surface area contributed by atoms with Gasteiger partial charge in [-0.1, -0.05) is 0 Å². The van der Waals surface area contributed by atoms with Crippen LogP contribution in [0.1, 0.15) is 26.2 Å². The zero-order valence-corrected chi connectivity index (χ0v) is 8.78. The first-order valence-electron chi connectivity index (χ1n) is 5.27. The molecule has 1 aliphatic rings. The minimum absolute atomic E-state index is 0.0573. The van der Waals surface area contributed by atoms with Gasteiger partial charge in [0.05, 0.1) is 0 Å². The van der Waals surface area contributed by atoms with E-state index in [1.807, 2.05) is 11.8 Å². The van der Waals surface area contributed by atoms with Gasteiger partial charge in [0, 0.05) is 32.2 Å². The van der Waals surface area contributed by atoms with Crippen molar-refractivity contribution >= 4 is 5.91 Å². The van der Waals surface area contributed by atoms with Gasteiger partial charge in [-0.15, -0.1) is 0 Å². The van der Waals surface area contributed by atoms with Crippen molar-refractivity contribution < 1.29 is 9.90 Å². The second-order valence-electron chi connectivity index (χ2n) is 4.19. The quantitative estimate of drug-likeness (QED) is 0.671. The van der Waals surface area contributed by atoms with E-state index in [-0.39, 0.29) is 18.6 Å². The molecule has 1 atom stereocenters. The summed E-state index contributed by atoms with van der Waals surface area (Å²) in [5.41, 5.74) is 5.57. The average Bonchev–Trinajstić information content (AvgIpc) is 2.17. The molecule has 0 aliphatic carbocycles. The van der Waals surface area contributed by atoms with Crippen LogP contribution >= 0.6 is 0 Å². The van der Waals surface area contributed by atoms with Gasteiger partial charge in [-0.25, -0.2) is 0 Å². The molecule has 0 spiro atoms. The number of carbonyl (C=O) groups is 1. The molecule has 1 aliphatic heterocycles. The van der Waals surface area contributed by atoms with E-state index in [1.165, 1.54) is 0 Å². The molecule has 4 nitrogen and oxygen atoms in total. The van der Waals surface area contributed by atoms with Crippen molar-refractivity contribution in [3.05, 3.63) is 0 Å². The van der Waals surface area contributed by atoms with E-state index >= 15 is 0 Å². The summed E-state index contributed by atoms with van der Waals surface area (Å²) in [6, 6.07) is -0.0573. The summed E-state index contributed by atoms with van der Waals surface area (Å²) in [6.45, 7) is 3.64. The lowest BCUT2D eigenvalue weighted by atomic mass is 9.97. The van der Waals surface area contributed by atoms with Gasteiger partial charge in [0.1, 0.15) is 0 Å². The first-order valence-corrected chi connectivity index (χ1v) is 5.27. The molecule has 4 heteroatoms. The Morgan fingerprint density at radius 1 is 1.57 bits per heavy atom. The summed E-state index contributed by atoms with van der Waals surface area (Å²) in [4.78, 5) is 13.4. The number of amides is 1. The standard InChI is InChI=1S/C10H20N2O2/c1-8(11)6-10(14)12-4-2-9(7-13)3-5-12/h8-9,13H,2-7,11H2,1H3. The number of carbonyl (C=O) groups excluding carboxylic acids is 1. The Labute approximate surface area is 85.1 Å². The Morgan fingerprint density at radius 3 is 2.57 bits per heavy atom. The van der Waals surface area contributed by atoms with Crippen molar-refractivity contribution in [2.45, 2.75) is 32.2 Å². The number of likely N-dealkylation sites (tertiary alicyclic amines) is 1. The van der Waals surface area contributed by atoms with Gasteiger partial charge in [0.2, 0.25) is 5.91 Å². The van der Waals surface area contributed by atoms with Crippen LogP contribution in [0.15, 0.2) is 0 Å². The summed E-state index contributed by atoms with van der Waals surface area (Å²) in [5, 5.41) is 8.94. The SMILES string of the molecule is CC(N)CC(=O)N1CCC(CO)CC1. The maximum absolute atomic E-state index is 11.6. The molecular formula is C10H20N2O2. The molecule has 1 fully saturated rings. The van der Waals surface area contributed by atoms with Gasteiger partial charge in [0.25, 0.3) is 0 Å². The fraction of sp³-hybridized carbons (Fsp3) is 0.900. The fourth-order valence-electron chi connectivity index (χ4n) is 1.77. The largest absolute Gasteiger partial charge is 0.396 e. The number of aliphatic hydroxyl groups is 1. The highest BCUT2D eigenvalue weighted by atomic mass is 16.3. The highest BCUT2D eigenvalue weighted by Crippen LogP contribution is 2.16. The van der Waals surface area contributed by atoms with Crippen molar-refractivity contribution in [3.63, 3.8) is 0 Å². The first-order chi connectivity index (χ1) is 6.63. The Bertz CT molecular complexity index is 187. The van der Waals surface area contributed by atoms with Gasteiger partial charge in [-0.05, 0) is 25.7 Å². The van der Waals surface area contributed by atoms with Crippen molar-refractivity contribution in [2.75, 3.05) is 19.7 Å². The van der Waals surface area contributed by atoms with Gasteiger partial charge in [0.15, 0.2) is 0 Å². The van der Waals surface area contributed by atoms with Crippen molar-refractivity contribution in [3.8, 4) is 0 Å². The van der Waals surface area contributed by atoms with Crippen LogP contribution < -0.4 is 5.73 Å². The van der Waals surface area contributed by atoms with E-state index < -0.39 is 0 Å². The first kappa shape index (κ1) is 11.5. The third-order valence-electron chi connectivity index (χ3n) is 2.72. The molecule has 0 saturated carbocycles. The van der Waals surface area contributed by atoms with Crippen LogP contribution in [-0.4, -0.2) is 41.7 Å². The Balaban J connectivity index is 2.30. The fourth-order valence-corrected chi connectivity index (χ4v) is 1.77. The second kappa shape index (κ2) is 5.32. The number of nitrogens with two attached hydrogens (primary N) is 1. The molecule has 1 heterocycles. The lowest BCUT2D eigenvalue weighted by molar-refractivity contribution is -0.133. The molecule has 0 radical (unpaired) electrons. The predicted molar refractivity (Wildman–Crippen MR) is 54.7 cm³/mol. The predicted octanol–water partition coefficient (Wildman–Crippen LogP) is -0.0454. The smallest absolute Gasteiger partial charge is 0.224 e. The summed E-state index contributed by atoms with van der Waals surface area (Å²) in [5.74, 6) is 0.533. The van der Waals surface area contributed by atoms with E-state index in [0.717, 1.165) is 25.9 Å². The zero-order chi connectivity index (χ0) is 10.6. The minimum atomic E-state index is -0.0573. The molecule has 1 rings (SSSR count). The van der Waals surface area contributed by atoms with E-state index in [1.54, 1.807) is 0 Å². The third-order valence-corrected chi connectivity index (χ3v) is 2.72. The molecule has 3 N–H and O–H groups in total. The monoisotopic (exact) mass is 200 g/mol. The van der Waals surface area contributed by atoms with Crippen LogP contribution in [0, 0.1) is 5.92 Å². The molecule has 0 aromatic rings. The summed E-state index contributed by atoms with van der Waals surface area (Å²) in [6.07, 6.45) is 2.27. The second-order valence-corrected chi connectivity index (χ2v) is 4.19. The summed E-state index contributed by atoms with van der Waals surface area (Å²) >= 11 is 0. The van der Waals surface area contributed by atoms with E-state index in [0.29, 0.717) is 12.3 Å². The molecule has 82 valence electrons. The van der Waals surface area contributed by atoms with Crippen LogP contribution in [0.25, 0.3) is 0 Å². The number of hydrogen-bond acceptors (Lipinski definition) is 3. The topological polar surface area (TPSA) is 66.6 Å². The summed E-state index contributed by atoms with van der Waals surface area (Å²) < 4.78 is 0. The maximum atomic E-state index is 11.6. The number of hydrogen-bond donors (Lipinski definition) is 2. The van der Waals surface area contributed by atoms with Crippen LogP contribution in [0.2, 0.25) is 0 Å². The van der Waals surface area contributed by atoms with E-state index in [9.17, 15) is 4.79 Å². The zero-order valence-electron chi connectivity index (χ0n) is 8.78. The third kappa shape index (κ3) is 3.27. The number of piperidine rings is 1. The molecule has 1 saturated heterocycles. The van der Waals surface area contributed by atoms with Crippen LogP contribution in [-0.2, 0) is 4.79 Å². The van der Waals surface area contributed by atoms with Crippen molar-refractivity contribution in [2.24, 2.45) is 11.7 Å². The van der Waals surface area contributed by atoms with Crippen LogP contribution in [0.3, 0.4) is 0 Å². The molecule has 1 amide bonds. The molecule has 0 aromatic heterocycles. The van der Waals surface area contributed by atoms with E-state index in [2.05, 4.69) is 0 Å². The van der Waals surface area contributed by atoms with Gasteiger partial charge < -0.3 is 15.7 Å². The van der Waals surface area contributed by atoms with Gasteiger partial charge in [-0.2, -0.15) is 0 Å². The Hall–Kier alpha value is -0.610. The lowest BCUT2D eigenvalue weighted by Gasteiger charge is -2.31. The normalized spacial score (nSPS) is 20.9. The Morgan fingerprint density at radius 2 is 2.14 bits per heavy atom. The van der Waals surface area contributed by atoms with E-state index in [4.69, 9.17) is 10.8 Å². The summed E-state index contributed by atoms with van der Waals surface area (Å²) in [7, 11) is 0. The van der Waals surface area contributed by atoms with Crippen molar-refractivity contribution in [1.82, 2.24) is 4.90 Å². The highest BCUT2D eigenvalue weighted by molar-refractivity contribution is 5.76.